The van der Waals surface area contributed by atoms with Gasteiger partial charge in [0.25, 0.3) is 0 Å². The van der Waals surface area contributed by atoms with E-state index in [1.165, 1.54) is 12.8 Å². The van der Waals surface area contributed by atoms with Crippen LogP contribution in [0.4, 0.5) is 11.4 Å². The van der Waals surface area contributed by atoms with Gasteiger partial charge in [-0.05, 0) is 31.0 Å². The van der Waals surface area contributed by atoms with Crippen molar-refractivity contribution in [2.75, 3.05) is 30.9 Å². The van der Waals surface area contributed by atoms with Crippen LogP contribution in [0.5, 0.6) is 0 Å². The molecule has 0 spiro atoms. The number of benzene rings is 1. The van der Waals surface area contributed by atoms with Crippen LogP contribution in [0.25, 0.3) is 0 Å². The van der Waals surface area contributed by atoms with Gasteiger partial charge in [-0.15, -0.1) is 0 Å². The van der Waals surface area contributed by atoms with Crippen LogP contribution in [-0.4, -0.2) is 32.6 Å². The summed E-state index contributed by atoms with van der Waals surface area (Å²) >= 11 is 3.43. The smallest absolute Gasteiger partial charge is 0.225 e. The van der Waals surface area contributed by atoms with Crippen LogP contribution >= 0.6 is 15.9 Å². The largest absolute Gasteiger partial charge is 0.376 e. The molecule has 0 saturated heterocycles. The predicted octanol–water partition coefficient (Wildman–Crippen LogP) is 2.60. The normalized spacial score (nSPS) is 14.3. The molecule has 104 valence electrons. The Morgan fingerprint density at radius 2 is 2.16 bits per heavy atom. The quantitative estimate of drug-likeness (QED) is 0.845. The lowest BCUT2D eigenvalue weighted by Crippen LogP contribution is -2.24. The van der Waals surface area contributed by atoms with Crippen molar-refractivity contribution in [1.82, 2.24) is 5.32 Å². The number of halogens is 1. The molecule has 0 atom stereocenters. The number of amides is 1. The first kappa shape index (κ1) is 14.3. The van der Waals surface area contributed by atoms with Gasteiger partial charge in [-0.25, -0.2) is 0 Å². The summed E-state index contributed by atoms with van der Waals surface area (Å²) in [4.78, 5) is 13.9. The van der Waals surface area contributed by atoms with E-state index in [2.05, 4.69) is 26.6 Å². The average molecular weight is 326 g/mol. The second kappa shape index (κ2) is 6.39. The van der Waals surface area contributed by atoms with Crippen molar-refractivity contribution in [2.24, 2.45) is 0 Å². The molecule has 5 heteroatoms. The second-order valence-corrected chi connectivity index (χ2v) is 6.00. The number of carbonyl (C=O) groups is 1. The van der Waals surface area contributed by atoms with Crippen molar-refractivity contribution in [2.45, 2.75) is 25.3 Å². The maximum absolute atomic E-state index is 11.9. The van der Waals surface area contributed by atoms with E-state index < -0.39 is 0 Å². The van der Waals surface area contributed by atoms with E-state index in [0.717, 1.165) is 22.4 Å². The second-order valence-electron chi connectivity index (χ2n) is 5.08. The van der Waals surface area contributed by atoms with E-state index in [4.69, 9.17) is 0 Å². The number of nitrogens with zero attached hydrogens (tertiary/aromatic N) is 1. The van der Waals surface area contributed by atoms with Crippen LogP contribution in [0.2, 0.25) is 0 Å². The van der Waals surface area contributed by atoms with Crippen molar-refractivity contribution in [3.05, 3.63) is 22.7 Å². The summed E-state index contributed by atoms with van der Waals surface area (Å²) in [6.45, 7) is 0.752. The zero-order chi connectivity index (χ0) is 13.8. The van der Waals surface area contributed by atoms with Gasteiger partial charge in [0.1, 0.15) is 0 Å². The van der Waals surface area contributed by atoms with Gasteiger partial charge in [0, 0.05) is 37.6 Å². The lowest BCUT2D eigenvalue weighted by molar-refractivity contribution is -0.116. The third kappa shape index (κ3) is 4.51. The molecule has 0 radical (unpaired) electrons. The molecule has 4 nitrogen and oxygen atoms in total. The molecule has 1 saturated carbocycles. The maximum atomic E-state index is 11.9. The van der Waals surface area contributed by atoms with Gasteiger partial charge in [0.2, 0.25) is 5.91 Å². The number of nitrogens with one attached hydrogen (secondary N) is 2. The zero-order valence-corrected chi connectivity index (χ0v) is 13.0. The van der Waals surface area contributed by atoms with E-state index in [1.54, 1.807) is 0 Å². The van der Waals surface area contributed by atoms with E-state index in [0.29, 0.717) is 12.5 Å². The Morgan fingerprint density at radius 3 is 2.79 bits per heavy atom. The molecular weight excluding hydrogens is 306 g/mol. The molecule has 2 N–H and O–H groups in total. The highest BCUT2D eigenvalue weighted by molar-refractivity contribution is 9.10. The molecule has 0 heterocycles. The van der Waals surface area contributed by atoms with Crippen molar-refractivity contribution in [3.63, 3.8) is 0 Å². The van der Waals surface area contributed by atoms with Crippen LogP contribution in [0.1, 0.15) is 19.3 Å². The molecule has 2 rings (SSSR count). The van der Waals surface area contributed by atoms with E-state index in [9.17, 15) is 4.79 Å². The van der Waals surface area contributed by atoms with Gasteiger partial charge in [0.05, 0.1) is 11.4 Å². The fourth-order valence-corrected chi connectivity index (χ4v) is 2.25. The number of hydrogen-bond donors (Lipinski definition) is 2. The fourth-order valence-electron chi connectivity index (χ4n) is 1.89. The topological polar surface area (TPSA) is 44.4 Å². The number of hydrogen-bond acceptors (Lipinski definition) is 3. The third-order valence-corrected chi connectivity index (χ3v) is 3.57. The highest BCUT2D eigenvalue weighted by atomic mass is 79.9. The number of anilines is 2. The molecule has 1 fully saturated rings. The Kier molecular flexibility index (Phi) is 4.82. The molecule has 0 bridgehead atoms. The molecule has 1 aliphatic carbocycles. The summed E-state index contributed by atoms with van der Waals surface area (Å²) in [7, 11) is 3.93. The molecule has 19 heavy (non-hydrogen) atoms. The minimum Gasteiger partial charge on any atom is -0.376 e. The summed E-state index contributed by atoms with van der Waals surface area (Å²) in [5, 5.41) is 6.32. The monoisotopic (exact) mass is 325 g/mol. The number of rotatable bonds is 6. The van der Waals surface area contributed by atoms with Gasteiger partial charge in [-0.3, -0.25) is 4.79 Å². The van der Waals surface area contributed by atoms with Crippen molar-refractivity contribution in [3.8, 4) is 0 Å². The van der Waals surface area contributed by atoms with Crippen LogP contribution in [-0.2, 0) is 4.79 Å². The van der Waals surface area contributed by atoms with Crippen LogP contribution < -0.4 is 15.5 Å². The average Bonchev–Trinajstić information content (AvgIpc) is 3.12. The Balaban J connectivity index is 1.92. The molecule has 0 aliphatic heterocycles. The van der Waals surface area contributed by atoms with Crippen LogP contribution in [0.15, 0.2) is 22.7 Å². The first-order chi connectivity index (χ1) is 9.06. The summed E-state index contributed by atoms with van der Waals surface area (Å²) in [5.74, 6) is 0.0503. The minimum absolute atomic E-state index is 0.0503. The molecule has 1 aromatic carbocycles. The summed E-state index contributed by atoms with van der Waals surface area (Å²) in [6.07, 6.45) is 3.01. The molecular formula is C14H20BrN3O. The summed E-state index contributed by atoms with van der Waals surface area (Å²) in [5.41, 5.74) is 1.85. The fraction of sp³-hybridized carbons (Fsp3) is 0.500. The third-order valence-electron chi connectivity index (χ3n) is 3.08. The highest BCUT2D eigenvalue weighted by Crippen LogP contribution is 2.28. The van der Waals surface area contributed by atoms with Crippen molar-refractivity contribution in [1.29, 1.82) is 0 Å². The molecule has 1 aromatic rings. The Bertz CT molecular complexity index is 458. The van der Waals surface area contributed by atoms with Gasteiger partial charge >= 0.3 is 0 Å². The maximum Gasteiger partial charge on any atom is 0.225 e. The summed E-state index contributed by atoms with van der Waals surface area (Å²) < 4.78 is 0.963. The molecule has 0 unspecified atom stereocenters. The Labute approximate surface area is 122 Å². The van der Waals surface area contributed by atoms with Gasteiger partial charge in [-0.2, -0.15) is 0 Å². The first-order valence-corrected chi connectivity index (χ1v) is 7.35. The lowest BCUT2D eigenvalue weighted by Gasteiger charge is -2.18. The van der Waals surface area contributed by atoms with E-state index in [-0.39, 0.29) is 5.91 Å². The first-order valence-electron chi connectivity index (χ1n) is 6.56. The van der Waals surface area contributed by atoms with Gasteiger partial charge < -0.3 is 15.5 Å². The van der Waals surface area contributed by atoms with Crippen molar-refractivity contribution < 1.29 is 4.79 Å². The predicted molar refractivity (Wildman–Crippen MR) is 82.7 cm³/mol. The SMILES string of the molecule is CN(C)c1ccc(Br)cc1NC(=O)CCNC1CC1. The van der Waals surface area contributed by atoms with Gasteiger partial charge in [0.15, 0.2) is 0 Å². The van der Waals surface area contributed by atoms with E-state index >= 15 is 0 Å². The van der Waals surface area contributed by atoms with Crippen molar-refractivity contribution >= 4 is 33.2 Å². The molecule has 1 aliphatic rings. The Hall–Kier alpha value is -1.07. The standard InChI is InChI=1S/C14H20BrN3O/c1-18(2)13-6-3-10(15)9-12(13)17-14(19)7-8-16-11-4-5-11/h3,6,9,11,16H,4-5,7-8H2,1-2H3,(H,17,19). The highest BCUT2D eigenvalue weighted by Gasteiger charge is 2.20. The van der Waals surface area contributed by atoms with Crippen LogP contribution in [0.3, 0.4) is 0 Å². The van der Waals surface area contributed by atoms with Crippen LogP contribution in [0, 0.1) is 0 Å². The molecule has 0 aromatic heterocycles. The summed E-state index contributed by atoms with van der Waals surface area (Å²) in [6, 6.07) is 6.54. The zero-order valence-electron chi connectivity index (χ0n) is 11.4. The van der Waals surface area contributed by atoms with Gasteiger partial charge in [-0.1, -0.05) is 15.9 Å². The Morgan fingerprint density at radius 1 is 1.42 bits per heavy atom. The number of carbonyl (C=O) groups excluding carboxylic acids is 1. The minimum atomic E-state index is 0.0503. The molecule has 1 amide bonds. The van der Waals surface area contributed by atoms with E-state index in [1.807, 2.05) is 37.2 Å². The lowest BCUT2D eigenvalue weighted by atomic mass is 10.2.